The van der Waals surface area contributed by atoms with Crippen molar-refractivity contribution in [1.29, 1.82) is 0 Å². The number of amides is 1. The predicted octanol–water partition coefficient (Wildman–Crippen LogP) is 4.91. The monoisotopic (exact) mass is 458 g/mol. The fourth-order valence-electron chi connectivity index (χ4n) is 2.98. The number of hydrogen-bond acceptors (Lipinski definition) is 5. The molecule has 2 heterocycles. The lowest BCUT2D eigenvalue weighted by atomic mass is 10.1. The van der Waals surface area contributed by atoms with E-state index in [2.05, 4.69) is 31.2 Å². The molecule has 2 aromatic rings. The molecule has 27 heavy (non-hydrogen) atoms. The fourth-order valence-corrected chi connectivity index (χ4v) is 3.45. The van der Waals surface area contributed by atoms with Crippen molar-refractivity contribution in [3.8, 4) is 0 Å². The molecule has 1 aromatic carbocycles. The molecule has 0 radical (unpaired) electrons. The molecule has 1 aliphatic heterocycles. The Labute approximate surface area is 170 Å². The minimum Gasteiger partial charge on any atom is -0.444 e. The van der Waals surface area contributed by atoms with Gasteiger partial charge in [0.25, 0.3) is 0 Å². The van der Waals surface area contributed by atoms with Gasteiger partial charge in [-0.15, -0.1) is 0 Å². The number of benzene rings is 1. The van der Waals surface area contributed by atoms with Crippen LogP contribution in [0.2, 0.25) is 5.28 Å². The Bertz CT molecular complexity index is 903. The molecule has 6 nitrogen and oxygen atoms in total. The highest BCUT2D eigenvalue weighted by atomic mass is 79.9. The Balaban J connectivity index is 1.83. The zero-order valence-electron chi connectivity index (χ0n) is 15.6. The number of carbonyl (C=O) groups is 1. The number of nitrogens with one attached hydrogen (secondary N) is 1. The highest BCUT2D eigenvalue weighted by molar-refractivity contribution is 9.10. The van der Waals surface area contributed by atoms with Crippen molar-refractivity contribution in [1.82, 2.24) is 14.9 Å². The van der Waals surface area contributed by atoms with Gasteiger partial charge in [0, 0.05) is 24.5 Å². The fraction of sp³-hybridized carbons (Fsp3) is 0.500. The Morgan fingerprint density at radius 1 is 1.44 bits per heavy atom. The van der Waals surface area contributed by atoms with Crippen LogP contribution in [0, 0.1) is 12.7 Å². The van der Waals surface area contributed by atoms with Crippen molar-refractivity contribution in [3.05, 3.63) is 27.2 Å². The number of aryl methyl sites for hydroxylation is 1. The van der Waals surface area contributed by atoms with Crippen LogP contribution < -0.4 is 5.32 Å². The zero-order valence-corrected chi connectivity index (χ0v) is 17.9. The molecule has 0 unspecified atom stereocenters. The summed E-state index contributed by atoms with van der Waals surface area (Å²) in [7, 11) is 0. The molecule has 1 aliphatic rings. The molecule has 9 heteroatoms. The van der Waals surface area contributed by atoms with E-state index >= 15 is 0 Å². The van der Waals surface area contributed by atoms with E-state index in [1.807, 2.05) is 26.8 Å². The summed E-state index contributed by atoms with van der Waals surface area (Å²) in [6.45, 7) is 8.34. The van der Waals surface area contributed by atoms with E-state index in [-0.39, 0.29) is 22.9 Å². The smallest absolute Gasteiger partial charge is 0.410 e. The second-order valence-corrected chi connectivity index (χ2v) is 8.75. The van der Waals surface area contributed by atoms with Crippen LogP contribution in [0.5, 0.6) is 0 Å². The van der Waals surface area contributed by atoms with Crippen LogP contribution in [0.15, 0.2) is 10.5 Å². The summed E-state index contributed by atoms with van der Waals surface area (Å²) < 4.78 is 20.3. The standard InChI is InChI=1S/C18H21BrClFN4O2/c1-9-7-11-14(13(21)12(9)19)23-16(20)24-15(11)22-10-5-6-25(8-10)17(26)27-18(2,3)4/h7,10H,5-6,8H2,1-4H3,(H,22,23,24)/t10-/m1/s1. The Morgan fingerprint density at radius 3 is 2.81 bits per heavy atom. The van der Waals surface area contributed by atoms with Crippen molar-refractivity contribution in [3.63, 3.8) is 0 Å². The van der Waals surface area contributed by atoms with Crippen molar-refractivity contribution in [2.45, 2.75) is 45.8 Å². The molecule has 0 bridgehead atoms. The molecule has 1 aromatic heterocycles. The second-order valence-electron chi connectivity index (χ2n) is 7.62. The topological polar surface area (TPSA) is 67.4 Å². The van der Waals surface area contributed by atoms with Crippen LogP contribution in [-0.2, 0) is 4.74 Å². The number of halogens is 3. The summed E-state index contributed by atoms with van der Waals surface area (Å²) in [5.74, 6) is -0.0188. The average Bonchev–Trinajstić information content (AvgIpc) is 3.01. The van der Waals surface area contributed by atoms with Gasteiger partial charge in [-0.2, -0.15) is 0 Å². The number of anilines is 1. The lowest BCUT2D eigenvalue weighted by molar-refractivity contribution is 0.0293. The van der Waals surface area contributed by atoms with Gasteiger partial charge in [0.2, 0.25) is 5.28 Å². The first-order valence-corrected chi connectivity index (χ1v) is 9.78. The molecular weight excluding hydrogens is 439 g/mol. The third-order valence-electron chi connectivity index (χ3n) is 4.21. The van der Waals surface area contributed by atoms with Gasteiger partial charge in [-0.3, -0.25) is 0 Å². The van der Waals surface area contributed by atoms with E-state index in [1.165, 1.54) is 0 Å². The largest absolute Gasteiger partial charge is 0.444 e. The van der Waals surface area contributed by atoms with E-state index in [9.17, 15) is 9.18 Å². The molecule has 0 aliphatic carbocycles. The first-order valence-electron chi connectivity index (χ1n) is 8.61. The number of likely N-dealkylation sites (tertiary alicyclic amines) is 1. The predicted molar refractivity (Wildman–Crippen MR) is 107 cm³/mol. The van der Waals surface area contributed by atoms with Gasteiger partial charge in [0.05, 0.1) is 4.47 Å². The Hall–Kier alpha value is -1.67. The third-order valence-corrected chi connectivity index (χ3v) is 5.35. The minimum absolute atomic E-state index is 0.0401. The maximum absolute atomic E-state index is 14.6. The van der Waals surface area contributed by atoms with Crippen molar-refractivity contribution in [2.24, 2.45) is 0 Å². The molecule has 0 saturated carbocycles. The van der Waals surface area contributed by atoms with E-state index < -0.39 is 11.4 Å². The third kappa shape index (κ3) is 4.43. The maximum atomic E-state index is 14.6. The van der Waals surface area contributed by atoms with Crippen LogP contribution in [0.4, 0.5) is 15.0 Å². The van der Waals surface area contributed by atoms with Crippen LogP contribution >= 0.6 is 27.5 Å². The molecule has 1 amide bonds. The van der Waals surface area contributed by atoms with Gasteiger partial charge in [-0.05, 0) is 73.3 Å². The summed E-state index contributed by atoms with van der Waals surface area (Å²) in [4.78, 5) is 22.1. The molecule has 146 valence electrons. The van der Waals surface area contributed by atoms with Crippen LogP contribution in [0.25, 0.3) is 10.9 Å². The molecule has 1 atom stereocenters. The van der Waals surface area contributed by atoms with Gasteiger partial charge in [0.1, 0.15) is 16.9 Å². The van der Waals surface area contributed by atoms with Crippen LogP contribution in [0.1, 0.15) is 32.8 Å². The van der Waals surface area contributed by atoms with Crippen molar-refractivity contribution < 1.29 is 13.9 Å². The van der Waals surface area contributed by atoms with Gasteiger partial charge < -0.3 is 15.0 Å². The molecule has 1 N–H and O–H groups in total. The first kappa shape index (κ1) is 20.1. The number of fused-ring (bicyclic) bond motifs is 1. The Morgan fingerprint density at radius 2 is 2.15 bits per heavy atom. The summed E-state index contributed by atoms with van der Waals surface area (Å²) in [5.41, 5.74) is 0.342. The maximum Gasteiger partial charge on any atom is 0.410 e. The van der Waals surface area contributed by atoms with Gasteiger partial charge in [-0.25, -0.2) is 19.2 Å². The molecule has 1 fully saturated rings. The SMILES string of the molecule is Cc1cc2c(N[C@@H]3CCN(C(=O)OC(C)(C)C)C3)nc(Cl)nc2c(F)c1Br. The normalized spacial score (nSPS) is 17.4. The quantitative estimate of drug-likeness (QED) is 0.646. The lowest BCUT2D eigenvalue weighted by Crippen LogP contribution is -2.36. The highest BCUT2D eigenvalue weighted by Crippen LogP contribution is 2.32. The highest BCUT2D eigenvalue weighted by Gasteiger charge is 2.30. The van der Waals surface area contributed by atoms with E-state index in [1.54, 1.807) is 11.8 Å². The first-order chi connectivity index (χ1) is 12.5. The van der Waals surface area contributed by atoms with E-state index in [4.69, 9.17) is 16.3 Å². The van der Waals surface area contributed by atoms with Crippen molar-refractivity contribution in [2.75, 3.05) is 18.4 Å². The zero-order chi connectivity index (χ0) is 19.9. The summed E-state index contributed by atoms with van der Waals surface area (Å²) in [6.07, 6.45) is 0.378. The number of ether oxygens (including phenoxy) is 1. The molecular formula is C18H21BrClFN4O2. The summed E-state index contributed by atoms with van der Waals surface area (Å²) in [5, 5.41) is 3.79. The van der Waals surface area contributed by atoms with E-state index in [0.717, 1.165) is 12.0 Å². The van der Waals surface area contributed by atoms with Gasteiger partial charge in [0.15, 0.2) is 5.82 Å². The minimum atomic E-state index is -0.540. The van der Waals surface area contributed by atoms with E-state index in [0.29, 0.717) is 28.8 Å². The Kier molecular flexibility index (Phi) is 5.49. The van der Waals surface area contributed by atoms with Gasteiger partial charge in [-0.1, -0.05) is 0 Å². The summed E-state index contributed by atoms with van der Waals surface area (Å²) in [6, 6.07) is 1.76. The number of rotatable bonds is 2. The lowest BCUT2D eigenvalue weighted by Gasteiger charge is -2.24. The molecule has 0 spiro atoms. The molecule has 3 rings (SSSR count). The number of nitrogens with zero attached hydrogens (tertiary/aromatic N) is 3. The number of aromatic nitrogens is 2. The number of carbonyl (C=O) groups excluding carboxylic acids is 1. The van der Waals surface area contributed by atoms with Gasteiger partial charge >= 0.3 is 6.09 Å². The average molecular weight is 460 g/mol. The summed E-state index contributed by atoms with van der Waals surface area (Å²) >= 11 is 9.22. The van der Waals surface area contributed by atoms with Crippen molar-refractivity contribution >= 4 is 50.3 Å². The van der Waals surface area contributed by atoms with Crippen LogP contribution in [0.3, 0.4) is 0 Å². The molecule has 1 saturated heterocycles. The number of hydrogen-bond donors (Lipinski definition) is 1. The van der Waals surface area contributed by atoms with Crippen LogP contribution in [-0.4, -0.2) is 45.7 Å². The second kappa shape index (κ2) is 7.39.